The lowest BCUT2D eigenvalue weighted by Crippen LogP contribution is -2.39. The van der Waals surface area contributed by atoms with Crippen LogP contribution in [-0.4, -0.2) is 36.8 Å². The molecule has 0 aromatic heterocycles. The number of methoxy groups -OCH3 is 1. The Balaban J connectivity index is 2.08. The number of rotatable bonds is 3. The standard InChI is InChI=1S/C18H24ClNO3/c1-18(2,3)23-17(21)20-9-7-13(8-10-20)14-5-6-15(12-19)16(11-14)22-4/h5-7,11H,8-10,12H2,1-4H3. The molecule has 0 fully saturated rings. The van der Waals surface area contributed by atoms with E-state index in [0.29, 0.717) is 19.0 Å². The van der Waals surface area contributed by atoms with Crippen LogP contribution < -0.4 is 4.74 Å². The number of hydrogen-bond donors (Lipinski definition) is 0. The molecule has 1 amide bonds. The molecule has 0 aliphatic carbocycles. The summed E-state index contributed by atoms with van der Waals surface area (Å²) in [6.07, 6.45) is 2.61. The summed E-state index contributed by atoms with van der Waals surface area (Å²) in [4.78, 5) is 13.8. The van der Waals surface area contributed by atoms with Gasteiger partial charge in [0.25, 0.3) is 0 Å². The average Bonchev–Trinajstić information content (AvgIpc) is 2.52. The first-order valence-electron chi connectivity index (χ1n) is 7.74. The fourth-order valence-electron chi connectivity index (χ4n) is 2.48. The molecule has 1 heterocycles. The van der Waals surface area contributed by atoms with Crippen LogP contribution in [0.5, 0.6) is 5.75 Å². The van der Waals surface area contributed by atoms with E-state index < -0.39 is 5.60 Å². The van der Waals surface area contributed by atoms with Crippen molar-refractivity contribution < 1.29 is 14.3 Å². The van der Waals surface area contributed by atoms with Crippen LogP contribution in [0.25, 0.3) is 5.57 Å². The van der Waals surface area contributed by atoms with Crippen molar-refractivity contribution >= 4 is 23.3 Å². The predicted molar refractivity (Wildman–Crippen MR) is 93.0 cm³/mol. The van der Waals surface area contributed by atoms with E-state index in [2.05, 4.69) is 12.1 Å². The lowest BCUT2D eigenvalue weighted by Gasteiger charge is -2.29. The summed E-state index contributed by atoms with van der Waals surface area (Å²) in [5.41, 5.74) is 2.83. The van der Waals surface area contributed by atoms with Gasteiger partial charge in [0.05, 0.1) is 13.0 Å². The van der Waals surface area contributed by atoms with E-state index in [-0.39, 0.29) is 6.09 Å². The van der Waals surface area contributed by atoms with Crippen molar-refractivity contribution in [1.82, 2.24) is 4.90 Å². The van der Waals surface area contributed by atoms with Crippen molar-refractivity contribution in [1.29, 1.82) is 0 Å². The molecule has 4 nitrogen and oxygen atoms in total. The van der Waals surface area contributed by atoms with Gasteiger partial charge in [0, 0.05) is 18.7 Å². The van der Waals surface area contributed by atoms with Gasteiger partial charge in [-0.1, -0.05) is 18.2 Å². The highest BCUT2D eigenvalue weighted by Gasteiger charge is 2.24. The molecule has 1 aliphatic rings. The molecule has 0 unspecified atom stereocenters. The molecule has 23 heavy (non-hydrogen) atoms. The Bertz CT molecular complexity index is 605. The molecule has 0 radical (unpaired) electrons. The van der Waals surface area contributed by atoms with Gasteiger partial charge >= 0.3 is 6.09 Å². The van der Waals surface area contributed by atoms with E-state index >= 15 is 0 Å². The number of amides is 1. The zero-order valence-corrected chi connectivity index (χ0v) is 14.9. The lowest BCUT2D eigenvalue weighted by molar-refractivity contribution is 0.0270. The minimum atomic E-state index is -0.466. The van der Waals surface area contributed by atoms with Gasteiger partial charge in [0.15, 0.2) is 0 Å². The third kappa shape index (κ3) is 4.64. The second-order valence-corrected chi connectivity index (χ2v) is 6.83. The first-order chi connectivity index (χ1) is 10.8. The van der Waals surface area contributed by atoms with Gasteiger partial charge in [-0.15, -0.1) is 11.6 Å². The second-order valence-electron chi connectivity index (χ2n) is 6.57. The molecule has 5 heteroatoms. The molecule has 126 valence electrons. The summed E-state index contributed by atoms with van der Waals surface area (Å²) in [6, 6.07) is 6.05. The molecule has 1 aromatic rings. The van der Waals surface area contributed by atoms with Crippen LogP contribution in [0.15, 0.2) is 24.3 Å². The Morgan fingerprint density at radius 2 is 2.09 bits per heavy atom. The molecule has 0 saturated carbocycles. The quantitative estimate of drug-likeness (QED) is 0.764. The highest BCUT2D eigenvalue weighted by molar-refractivity contribution is 6.17. The van der Waals surface area contributed by atoms with E-state index in [1.807, 2.05) is 32.9 Å². The average molecular weight is 338 g/mol. The van der Waals surface area contributed by atoms with E-state index in [0.717, 1.165) is 23.3 Å². The van der Waals surface area contributed by atoms with Gasteiger partial charge in [-0.3, -0.25) is 0 Å². The maximum absolute atomic E-state index is 12.1. The number of hydrogen-bond acceptors (Lipinski definition) is 3. The molecule has 2 rings (SSSR count). The molecule has 0 spiro atoms. The Morgan fingerprint density at radius 1 is 1.35 bits per heavy atom. The number of nitrogens with zero attached hydrogens (tertiary/aromatic N) is 1. The van der Waals surface area contributed by atoms with Crippen LogP contribution in [0.4, 0.5) is 4.79 Å². The van der Waals surface area contributed by atoms with Crippen molar-refractivity contribution in [2.45, 2.75) is 38.7 Å². The monoisotopic (exact) mass is 337 g/mol. The Labute approximate surface area is 143 Å². The third-order valence-corrected chi connectivity index (χ3v) is 3.95. The fraction of sp³-hybridized carbons (Fsp3) is 0.500. The predicted octanol–water partition coefficient (Wildman–Crippen LogP) is 4.46. The lowest BCUT2D eigenvalue weighted by atomic mass is 9.98. The molecule has 0 atom stereocenters. The topological polar surface area (TPSA) is 38.8 Å². The summed E-state index contributed by atoms with van der Waals surface area (Å²) in [6.45, 7) is 6.84. The van der Waals surface area contributed by atoms with E-state index in [1.54, 1.807) is 12.0 Å². The van der Waals surface area contributed by atoms with Crippen LogP contribution in [-0.2, 0) is 10.6 Å². The smallest absolute Gasteiger partial charge is 0.410 e. The molecule has 0 saturated heterocycles. The second kappa shape index (κ2) is 7.26. The van der Waals surface area contributed by atoms with Crippen molar-refractivity contribution in [3.63, 3.8) is 0 Å². The first-order valence-corrected chi connectivity index (χ1v) is 8.27. The van der Waals surface area contributed by atoms with E-state index in [4.69, 9.17) is 21.1 Å². The van der Waals surface area contributed by atoms with Crippen molar-refractivity contribution in [3.05, 3.63) is 35.4 Å². The van der Waals surface area contributed by atoms with Crippen LogP contribution >= 0.6 is 11.6 Å². The van der Waals surface area contributed by atoms with Crippen molar-refractivity contribution in [2.75, 3.05) is 20.2 Å². The van der Waals surface area contributed by atoms with E-state index in [1.165, 1.54) is 5.57 Å². The maximum Gasteiger partial charge on any atom is 0.410 e. The van der Waals surface area contributed by atoms with Gasteiger partial charge in [0.2, 0.25) is 0 Å². The molecular formula is C18H24ClNO3. The Hall–Kier alpha value is -1.68. The number of benzene rings is 1. The first kappa shape index (κ1) is 17.7. The van der Waals surface area contributed by atoms with Gasteiger partial charge in [-0.25, -0.2) is 4.79 Å². The van der Waals surface area contributed by atoms with Crippen LogP contribution in [0.2, 0.25) is 0 Å². The molecule has 0 N–H and O–H groups in total. The minimum absolute atomic E-state index is 0.261. The number of halogens is 1. The van der Waals surface area contributed by atoms with Gasteiger partial charge < -0.3 is 14.4 Å². The highest BCUT2D eigenvalue weighted by atomic mass is 35.5. The number of ether oxygens (including phenoxy) is 2. The zero-order chi connectivity index (χ0) is 17.0. The summed E-state index contributed by atoms with van der Waals surface area (Å²) in [7, 11) is 1.65. The number of alkyl halides is 1. The van der Waals surface area contributed by atoms with Crippen LogP contribution in [0, 0.1) is 0 Å². The third-order valence-electron chi connectivity index (χ3n) is 3.66. The van der Waals surface area contributed by atoms with E-state index in [9.17, 15) is 4.79 Å². The SMILES string of the molecule is COc1cc(C2=CCN(C(=O)OC(C)(C)C)CC2)ccc1CCl. The molecule has 1 aromatic carbocycles. The van der Waals surface area contributed by atoms with Crippen molar-refractivity contribution in [2.24, 2.45) is 0 Å². The summed E-state index contributed by atoms with van der Waals surface area (Å²) in [5, 5.41) is 0. The fourth-order valence-corrected chi connectivity index (χ4v) is 2.70. The molecular weight excluding hydrogens is 314 g/mol. The summed E-state index contributed by atoms with van der Waals surface area (Å²) < 4.78 is 10.8. The van der Waals surface area contributed by atoms with Gasteiger partial charge in [-0.2, -0.15) is 0 Å². The summed E-state index contributed by atoms with van der Waals surface area (Å²) in [5.74, 6) is 1.22. The molecule has 1 aliphatic heterocycles. The number of carbonyl (C=O) groups excluding carboxylic acids is 1. The zero-order valence-electron chi connectivity index (χ0n) is 14.2. The minimum Gasteiger partial charge on any atom is -0.496 e. The summed E-state index contributed by atoms with van der Waals surface area (Å²) >= 11 is 5.90. The van der Waals surface area contributed by atoms with Gasteiger partial charge in [-0.05, 0) is 44.4 Å². The highest BCUT2D eigenvalue weighted by Crippen LogP contribution is 2.29. The Kier molecular flexibility index (Phi) is 5.58. The van der Waals surface area contributed by atoms with Crippen LogP contribution in [0.3, 0.4) is 0 Å². The van der Waals surface area contributed by atoms with Crippen molar-refractivity contribution in [3.8, 4) is 5.75 Å². The molecule has 0 bridgehead atoms. The Morgan fingerprint density at radius 3 is 2.61 bits per heavy atom. The normalized spacial score (nSPS) is 15.2. The largest absolute Gasteiger partial charge is 0.496 e. The van der Waals surface area contributed by atoms with Gasteiger partial charge in [0.1, 0.15) is 11.4 Å². The van der Waals surface area contributed by atoms with Crippen LogP contribution in [0.1, 0.15) is 38.3 Å². The number of carbonyl (C=O) groups is 1. The maximum atomic E-state index is 12.1.